The van der Waals surface area contributed by atoms with E-state index in [0.29, 0.717) is 12.0 Å². The van der Waals surface area contributed by atoms with Gasteiger partial charge in [0.05, 0.1) is 5.92 Å². The van der Waals surface area contributed by atoms with E-state index in [4.69, 9.17) is 4.55 Å². The van der Waals surface area contributed by atoms with Crippen molar-refractivity contribution in [2.75, 3.05) is 0 Å². The van der Waals surface area contributed by atoms with Gasteiger partial charge in [-0.25, -0.2) is 4.21 Å². The SMILES string of the molecule is C=CC/C=C\C(=C)C(C)C(=O)NS(=O)O. The first-order valence-electron chi connectivity index (χ1n) is 4.36. The number of carbonyl (C=O) groups excluding carboxylic acids is 1. The maximum atomic E-state index is 11.2. The summed E-state index contributed by atoms with van der Waals surface area (Å²) in [6.45, 7) is 8.85. The molecule has 84 valence electrons. The van der Waals surface area contributed by atoms with Crippen molar-refractivity contribution in [1.29, 1.82) is 0 Å². The lowest BCUT2D eigenvalue weighted by atomic mass is 10.0. The molecular weight excluding hydrogens is 214 g/mol. The van der Waals surface area contributed by atoms with Gasteiger partial charge in [0.25, 0.3) is 11.3 Å². The predicted octanol–water partition coefficient (Wildman–Crippen LogP) is 1.56. The van der Waals surface area contributed by atoms with E-state index in [-0.39, 0.29) is 0 Å². The monoisotopic (exact) mass is 229 g/mol. The van der Waals surface area contributed by atoms with Crippen LogP contribution in [0, 0.1) is 5.92 Å². The van der Waals surface area contributed by atoms with Crippen LogP contribution in [-0.4, -0.2) is 14.7 Å². The van der Waals surface area contributed by atoms with Crippen molar-refractivity contribution in [2.45, 2.75) is 13.3 Å². The van der Waals surface area contributed by atoms with Crippen molar-refractivity contribution >= 4 is 17.2 Å². The summed E-state index contributed by atoms with van der Waals surface area (Å²) in [6, 6.07) is 0. The number of rotatable bonds is 6. The van der Waals surface area contributed by atoms with Gasteiger partial charge in [-0.3, -0.25) is 14.1 Å². The Hall–Kier alpha value is -1.20. The van der Waals surface area contributed by atoms with E-state index < -0.39 is 23.1 Å². The third kappa shape index (κ3) is 5.98. The molecule has 0 aliphatic rings. The number of nitrogens with one attached hydrogen (secondary N) is 1. The summed E-state index contributed by atoms with van der Waals surface area (Å²) in [5.41, 5.74) is 0.583. The molecule has 0 rings (SSSR count). The first kappa shape index (κ1) is 13.8. The average molecular weight is 229 g/mol. The highest BCUT2D eigenvalue weighted by molar-refractivity contribution is 7.77. The highest BCUT2D eigenvalue weighted by Crippen LogP contribution is 2.10. The lowest BCUT2D eigenvalue weighted by molar-refractivity contribution is -0.121. The van der Waals surface area contributed by atoms with E-state index in [1.807, 2.05) is 10.8 Å². The summed E-state index contributed by atoms with van der Waals surface area (Å²) in [6.07, 6.45) is 5.93. The number of amides is 1. The van der Waals surface area contributed by atoms with Crippen molar-refractivity contribution in [3.05, 3.63) is 37.0 Å². The molecular formula is C10H15NO3S. The molecule has 0 aliphatic heterocycles. The van der Waals surface area contributed by atoms with Crippen LogP contribution in [0.15, 0.2) is 37.0 Å². The van der Waals surface area contributed by atoms with Crippen molar-refractivity contribution < 1.29 is 13.6 Å². The normalized spacial score (nSPS) is 14.5. The number of hydrogen-bond acceptors (Lipinski definition) is 2. The van der Waals surface area contributed by atoms with E-state index in [1.54, 1.807) is 19.1 Å². The van der Waals surface area contributed by atoms with Crippen LogP contribution >= 0.6 is 0 Å². The molecule has 0 saturated carbocycles. The quantitative estimate of drug-likeness (QED) is 0.412. The second-order valence-corrected chi connectivity index (χ2v) is 3.64. The second kappa shape index (κ2) is 7.14. The molecule has 0 aromatic carbocycles. The third-order valence-electron chi connectivity index (χ3n) is 1.77. The van der Waals surface area contributed by atoms with Gasteiger partial charge in [-0.1, -0.05) is 24.8 Å². The molecule has 2 N–H and O–H groups in total. The fourth-order valence-corrected chi connectivity index (χ4v) is 1.15. The molecule has 0 aromatic rings. The molecule has 0 aromatic heterocycles. The number of allylic oxidation sites excluding steroid dienone is 3. The first-order valence-corrected chi connectivity index (χ1v) is 5.47. The van der Waals surface area contributed by atoms with E-state index in [2.05, 4.69) is 13.2 Å². The van der Waals surface area contributed by atoms with Gasteiger partial charge in [0, 0.05) is 0 Å². The van der Waals surface area contributed by atoms with Crippen LogP contribution in [0.5, 0.6) is 0 Å². The molecule has 0 bridgehead atoms. The Kier molecular flexibility index (Phi) is 6.57. The minimum Gasteiger partial charge on any atom is -0.289 e. The third-order valence-corrected chi connectivity index (χ3v) is 2.15. The summed E-state index contributed by atoms with van der Waals surface area (Å²) < 4.78 is 20.7. The fraction of sp³-hybridized carbons (Fsp3) is 0.300. The Bertz CT molecular complexity index is 310. The molecule has 0 spiro atoms. The molecule has 0 radical (unpaired) electrons. The van der Waals surface area contributed by atoms with Crippen LogP contribution in [0.2, 0.25) is 0 Å². The molecule has 2 atom stereocenters. The minimum atomic E-state index is -2.32. The van der Waals surface area contributed by atoms with Crippen molar-refractivity contribution in [3.8, 4) is 0 Å². The highest BCUT2D eigenvalue weighted by atomic mass is 32.2. The van der Waals surface area contributed by atoms with E-state index in [9.17, 15) is 9.00 Å². The lowest BCUT2D eigenvalue weighted by Gasteiger charge is -2.09. The molecule has 15 heavy (non-hydrogen) atoms. The highest BCUT2D eigenvalue weighted by Gasteiger charge is 2.15. The minimum absolute atomic E-state index is 0.524. The van der Waals surface area contributed by atoms with Crippen LogP contribution in [0.1, 0.15) is 13.3 Å². The van der Waals surface area contributed by atoms with Crippen molar-refractivity contribution in [3.63, 3.8) is 0 Å². The molecule has 5 heteroatoms. The molecule has 1 amide bonds. The first-order chi connectivity index (χ1) is 6.99. The van der Waals surface area contributed by atoms with Gasteiger partial charge in [-0.2, -0.15) is 0 Å². The summed E-state index contributed by atoms with van der Waals surface area (Å²) >= 11 is -2.32. The van der Waals surface area contributed by atoms with Gasteiger partial charge in [0.15, 0.2) is 0 Å². The van der Waals surface area contributed by atoms with Crippen LogP contribution < -0.4 is 4.72 Å². The second-order valence-electron chi connectivity index (χ2n) is 2.94. The lowest BCUT2D eigenvalue weighted by Crippen LogP contribution is -2.30. The molecule has 0 fully saturated rings. The summed E-state index contributed by atoms with van der Waals surface area (Å²) in [4.78, 5) is 11.2. The van der Waals surface area contributed by atoms with Crippen LogP contribution in [0.25, 0.3) is 0 Å². The number of hydrogen-bond donors (Lipinski definition) is 2. The summed E-state index contributed by atoms with van der Waals surface area (Å²) in [7, 11) is 0. The summed E-state index contributed by atoms with van der Waals surface area (Å²) in [5.74, 6) is -1.05. The maximum absolute atomic E-state index is 11.2. The Morgan fingerprint density at radius 3 is 2.73 bits per heavy atom. The van der Waals surface area contributed by atoms with Gasteiger partial charge >= 0.3 is 0 Å². The Labute approximate surface area is 92.2 Å². The Morgan fingerprint density at radius 1 is 1.67 bits per heavy atom. The molecule has 4 nitrogen and oxygen atoms in total. The van der Waals surface area contributed by atoms with E-state index in [0.717, 1.165) is 0 Å². The summed E-state index contributed by atoms with van der Waals surface area (Å²) in [5, 5.41) is 0. The van der Waals surface area contributed by atoms with Crippen LogP contribution in [0.4, 0.5) is 0 Å². The zero-order chi connectivity index (χ0) is 11.8. The number of carbonyl (C=O) groups is 1. The fourth-order valence-electron chi connectivity index (χ4n) is 0.803. The van der Waals surface area contributed by atoms with Crippen LogP contribution in [-0.2, 0) is 16.1 Å². The van der Waals surface area contributed by atoms with Gasteiger partial charge in [-0.05, 0) is 18.9 Å². The zero-order valence-corrected chi connectivity index (χ0v) is 9.42. The molecule has 2 unspecified atom stereocenters. The average Bonchev–Trinajstić information content (AvgIpc) is 2.15. The molecule has 0 aliphatic carbocycles. The van der Waals surface area contributed by atoms with Crippen molar-refractivity contribution in [1.82, 2.24) is 4.72 Å². The Balaban J connectivity index is 4.25. The molecule has 0 heterocycles. The van der Waals surface area contributed by atoms with Gasteiger partial charge in [0.1, 0.15) is 0 Å². The topological polar surface area (TPSA) is 66.4 Å². The Morgan fingerprint density at radius 2 is 2.27 bits per heavy atom. The van der Waals surface area contributed by atoms with Gasteiger partial charge in [0.2, 0.25) is 5.91 Å². The van der Waals surface area contributed by atoms with Gasteiger partial charge in [-0.15, -0.1) is 6.58 Å². The van der Waals surface area contributed by atoms with Crippen LogP contribution in [0.3, 0.4) is 0 Å². The van der Waals surface area contributed by atoms with Gasteiger partial charge < -0.3 is 0 Å². The molecule has 0 saturated heterocycles. The maximum Gasteiger partial charge on any atom is 0.261 e. The standard InChI is InChI=1S/C10H15NO3S/c1-4-5-6-7-8(2)9(3)10(12)11-15(13)14/h4,6-7,9H,1-2,5H2,3H3,(H,11,12)(H,13,14)/b7-6-. The van der Waals surface area contributed by atoms with E-state index in [1.165, 1.54) is 0 Å². The zero-order valence-electron chi connectivity index (χ0n) is 8.60. The largest absolute Gasteiger partial charge is 0.289 e. The predicted molar refractivity (Wildman–Crippen MR) is 61.2 cm³/mol. The smallest absolute Gasteiger partial charge is 0.261 e. The van der Waals surface area contributed by atoms with E-state index >= 15 is 0 Å². The van der Waals surface area contributed by atoms with Crippen molar-refractivity contribution in [2.24, 2.45) is 5.92 Å².